The highest BCUT2D eigenvalue weighted by molar-refractivity contribution is 5.68. The molecule has 0 unspecified atom stereocenters. The van der Waals surface area contributed by atoms with Crippen LogP contribution in [0.1, 0.15) is 46.5 Å². The maximum Gasteiger partial charge on any atom is 0.410 e. The summed E-state index contributed by atoms with van der Waals surface area (Å²) >= 11 is 0. The lowest BCUT2D eigenvalue weighted by Crippen LogP contribution is -2.44. The van der Waals surface area contributed by atoms with Crippen LogP contribution in [0.3, 0.4) is 0 Å². The molecule has 19 heavy (non-hydrogen) atoms. The van der Waals surface area contributed by atoms with Gasteiger partial charge in [0.15, 0.2) is 0 Å². The zero-order valence-corrected chi connectivity index (χ0v) is 12.6. The minimum absolute atomic E-state index is 0.146. The SMILES string of the molecule is CC(C)(C)OC(=O)N1CCC([C@@H]2CCCNC2)CC1. The van der Waals surface area contributed by atoms with E-state index in [2.05, 4.69) is 5.32 Å². The minimum Gasteiger partial charge on any atom is -0.444 e. The Balaban J connectivity index is 1.77. The molecule has 2 heterocycles. The van der Waals surface area contributed by atoms with Crippen molar-refractivity contribution in [3.05, 3.63) is 0 Å². The Hall–Kier alpha value is -0.770. The van der Waals surface area contributed by atoms with E-state index in [-0.39, 0.29) is 11.7 Å². The molecule has 0 aliphatic carbocycles. The van der Waals surface area contributed by atoms with Gasteiger partial charge < -0.3 is 15.0 Å². The van der Waals surface area contributed by atoms with Crippen molar-refractivity contribution in [3.63, 3.8) is 0 Å². The Morgan fingerprint density at radius 1 is 1.16 bits per heavy atom. The summed E-state index contributed by atoms with van der Waals surface area (Å²) in [4.78, 5) is 13.9. The van der Waals surface area contributed by atoms with Crippen molar-refractivity contribution in [2.45, 2.75) is 52.1 Å². The second-order valence-corrected chi connectivity index (χ2v) is 6.91. The van der Waals surface area contributed by atoms with Crippen LogP contribution in [0.25, 0.3) is 0 Å². The molecule has 1 amide bonds. The number of rotatable bonds is 1. The Bertz CT molecular complexity index is 298. The molecule has 2 fully saturated rings. The van der Waals surface area contributed by atoms with Gasteiger partial charge in [-0.25, -0.2) is 4.79 Å². The molecular formula is C15H28N2O2. The highest BCUT2D eigenvalue weighted by Gasteiger charge is 2.30. The summed E-state index contributed by atoms with van der Waals surface area (Å²) in [5.74, 6) is 1.60. The first-order valence-electron chi connectivity index (χ1n) is 7.64. The molecule has 2 aliphatic heterocycles. The Kier molecular flexibility index (Phi) is 4.71. The van der Waals surface area contributed by atoms with Gasteiger partial charge in [0, 0.05) is 13.1 Å². The van der Waals surface area contributed by atoms with Crippen molar-refractivity contribution < 1.29 is 9.53 Å². The normalized spacial score (nSPS) is 26.3. The Morgan fingerprint density at radius 3 is 2.37 bits per heavy atom. The van der Waals surface area contributed by atoms with E-state index in [0.717, 1.165) is 44.3 Å². The molecule has 0 saturated carbocycles. The van der Waals surface area contributed by atoms with Gasteiger partial charge in [-0.1, -0.05) is 0 Å². The number of hydrogen-bond donors (Lipinski definition) is 1. The van der Waals surface area contributed by atoms with E-state index >= 15 is 0 Å². The second kappa shape index (κ2) is 6.12. The fraction of sp³-hybridized carbons (Fsp3) is 0.933. The summed E-state index contributed by atoms with van der Waals surface area (Å²) < 4.78 is 5.43. The van der Waals surface area contributed by atoms with Crippen LogP contribution >= 0.6 is 0 Å². The zero-order chi connectivity index (χ0) is 13.9. The number of ether oxygens (including phenoxy) is 1. The third-order valence-corrected chi connectivity index (χ3v) is 4.19. The number of hydrogen-bond acceptors (Lipinski definition) is 3. The molecule has 0 aromatic rings. The molecule has 2 aliphatic rings. The van der Waals surface area contributed by atoms with Gasteiger partial charge in [0.25, 0.3) is 0 Å². The zero-order valence-electron chi connectivity index (χ0n) is 12.6. The number of carbonyl (C=O) groups is 1. The number of carbonyl (C=O) groups excluding carboxylic acids is 1. The van der Waals surface area contributed by atoms with E-state index in [4.69, 9.17) is 4.74 Å². The molecule has 0 aromatic carbocycles. The summed E-state index contributed by atoms with van der Waals surface area (Å²) in [7, 11) is 0. The Labute approximate surface area is 116 Å². The smallest absolute Gasteiger partial charge is 0.410 e. The first kappa shape index (κ1) is 14.6. The maximum atomic E-state index is 12.0. The molecule has 1 N–H and O–H groups in total. The standard InChI is InChI=1S/C15H28N2O2/c1-15(2,3)19-14(18)17-9-6-12(7-10-17)13-5-4-8-16-11-13/h12-13,16H,4-11H2,1-3H3/t13-/m1/s1. The molecule has 0 aromatic heterocycles. The molecule has 0 radical (unpaired) electrons. The predicted molar refractivity (Wildman–Crippen MR) is 76.1 cm³/mol. The van der Waals surface area contributed by atoms with Crippen LogP contribution in [0.2, 0.25) is 0 Å². The van der Waals surface area contributed by atoms with E-state index < -0.39 is 0 Å². The van der Waals surface area contributed by atoms with Crippen molar-refractivity contribution in [2.75, 3.05) is 26.2 Å². The molecule has 110 valence electrons. The van der Waals surface area contributed by atoms with Gasteiger partial charge in [-0.15, -0.1) is 0 Å². The highest BCUT2D eigenvalue weighted by Crippen LogP contribution is 2.29. The summed E-state index contributed by atoms with van der Waals surface area (Å²) in [5.41, 5.74) is -0.388. The van der Waals surface area contributed by atoms with Gasteiger partial charge in [-0.2, -0.15) is 0 Å². The summed E-state index contributed by atoms with van der Waals surface area (Å²) in [6.07, 6.45) is 4.77. The predicted octanol–water partition coefficient (Wildman–Crippen LogP) is 2.63. The summed E-state index contributed by atoms with van der Waals surface area (Å²) in [6.45, 7) is 9.82. The van der Waals surface area contributed by atoms with Gasteiger partial charge in [0.2, 0.25) is 0 Å². The highest BCUT2D eigenvalue weighted by atomic mass is 16.6. The van der Waals surface area contributed by atoms with Crippen LogP contribution in [-0.4, -0.2) is 42.8 Å². The average Bonchev–Trinajstić information content (AvgIpc) is 2.38. The first-order chi connectivity index (χ1) is 8.96. The van der Waals surface area contributed by atoms with E-state index in [0.29, 0.717) is 0 Å². The van der Waals surface area contributed by atoms with E-state index in [9.17, 15) is 4.79 Å². The number of nitrogens with one attached hydrogen (secondary N) is 1. The van der Waals surface area contributed by atoms with Crippen molar-refractivity contribution in [3.8, 4) is 0 Å². The van der Waals surface area contributed by atoms with Crippen LogP contribution in [0.4, 0.5) is 4.79 Å². The van der Waals surface area contributed by atoms with Crippen molar-refractivity contribution in [2.24, 2.45) is 11.8 Å². The van der Waals surface area contributed by atoms with Crippen molar-refractivity contribution in [1.82, 2.24) is 10.2 Å². The lowest BCUT2D eigenvalue weighted by atomic mass is 9.80. The van der Waals surface area contributed by atoms with Gasteiger partial charge in [-0.3, -0.25) is 0 Å². The third kappa shape index (κ3) is 4.37. The van der Waals surface area contributed by atoms with Crippen molar-refractivity contribution >= 4 is 6.09 Å². The topological polar surface area (TPSA) is 41.6 Å². The summed E-state index contributed by atoms with van der Waals surface area (Å²) in [6, 6.07) is 0. The molecule has 1 atom stereocenters. The maximum absolute atomic E-state index is 12.0. The van der Waals surface area contributed by atoms with Crippen LogP contribution in [0, 0.1) is 11.8 Å². The molecule has 0 spiro atoms. The van der Waals surface area contributed by atoms with E-state index in [1.54, 1.807) is 0 Å². The molecule has 2 saturated heterocycles. The van der Waals surface area contributed by atoms with Crippen LogP contribution in [0.15, 0.2) is 0 Å². The second-order valence-electron chi connectivity index (χ2n) is 6.91. The number of piperidine rings is 2. The van der Waals surface area contributed by atoms with E-state index in [1.165, 1.54) is 19.4 Å². The van der Waals surface area contributed by atoms with Gasteiger partial charge in [0.1, 0.15) is 5.60 Å². The lowest BCUT2D eigenvalue weighted by Gasteiger charge is -2.38. The monoisotopic (exact) mass is 268 g/mol. The lowest BCUT2D eigenvalue weighted by molar-refractivity contribution is 0.0153. The molecular weight excluding hydrogens is 240 g/mol. The molecule has 4 nitrogen and oxygen atoms in total. The van der Waals surface area contributed by atoms with Gasteiger partial charge in [0.05, 0.1) is 0 Å². The fourth-order valence-corrected chi connectivity index (χ4v) is 3.16. The largest absolute Gasteiger partial charge is 0.444 e. The van der Waals surface area contributed by atoms with Crippen LogP contribution in [-0.2, 0) is 4.74 Å². The first-order valence-corrected chi connectivity index (χ1v) is 7.64. The molecule has 4 heteroatoms. The van der Waals surface area contributed by atoms with E-state index in [1.807, 2.05) is 25.7 Å². The van der Waals surface area contributed by atoms with Crippen molar-refractivity contribution in [1.29, 1.82) is 0 Å². The number of amides is 1. The fourth-order valence-electron chi connectivity index (χ4n) is 3.16. The molecule has 0 bridgehead atoms. The minimum atomic E-state index is -0.388. The molecule has 2 rings (SSSR count). The van der Waals surface area contributed by atoms with Gasteiger partial charge in [-0.05, 0) is 71.4 Å². The summed E-state index contributed by atoms with van der Waals surface area (Å²) in [5, 5.41) is 3.49. The third-order valence-electron chi connectivity index (χ3n) is 4.19. The van der Waals surface area contributed by atoms with Crippen LogP contribution < -0.4 is 5.32 Å². The van der Waals surface area contributed by atoms with Gasteiger partial charge >= 0.3 is 6.09 Å². The Morgan fingerprint density at radius 2 is 1.84 bits per heavy atom. The number of nitrogens with zero attached hydrogens (tertiary/aromatic N) is 1. The number of likely N-dealkylation sites (tertiary alicyclic amines) is 1. The average molecular weight is 268 g/mol. The quantitative estimate of drug-likeness (QED) is 0.795. The van der Waals surface area contributed by atoms with Crippen LogP contribution in [0.5, 0.6) is 0 Å².